The van der Waals surface area contributed by atoms with E-state index in [-0.39, 0.29) is 30.3 Å². The Morgan fingerprint density at radius 2 is 1.93 bits per heavy atom. The lowest BCUT2D eigenvalue weighted by Gasteiger charge is -2.40. The normalized spacial score (nSPS) is 29.0. The van der Waals surface area contributed by atoms with Crippen molar-refractivity contribution in [2.45, 2.75) is 87.4 Å². The third-order valence-corrected chi connectivity index (χ3v) is 11.0. The lowest BCUT2D eigenvalue weighted by Crippen LogP contribution is -2.57. The van der Waals surface area contributed by atoms with Crippen LogP contribution in [0.3, 0.4) is 0 Å². The molecule has 0 radical (unpaired) electrons. The highest BCUT2D eigenvalue weighted by atomic mass is 32.2. The Balaban J connectivity index is 1.71. The number of aliphatic hydroxyl groups excluding tert-OH is 1. The molecule has 3 fully saturated rings. The van der Waals surface area contributed by atoms with E-state index in [0.717, 1.165) is 31.2 Å². The van der Waals surface area contributed by atoms with Gasteiger partial charge in [0.05, 0.1) is 35.8 Å². The van der Waals surface area contributed by atoms with E-state index in [2.05, 4.69) is 20.1 Å². The molecule has 3 aliphatic rings. The highest BCUT2D eigenvalue weighted by Crippen LogP contribution is 2.72. The number of rotatable bonds is 15. The maximum atomic E-state index is 14.6. The first kappa shape index (κ1) is 31.4. The number of fused-ring (bicyclic) bond motifs is 1. The number of hydrogen-bond acceptors (Lipinski definition) is 6. The van der Waals surface area contributed by atoms with Gasteiger partial charge in [0.2, 0.25) is 11.8 Å². The molecule has 1 N–H and O–H groups in total. The number of allylic oxidation sites excluding steroid dienone is 1. The number of thioether (sulfide) groups is 1. The van der Waals surface area contributed by atoms with Crippen LogP contribution in [0.4, 0.5) is 0 Å². The number of benzene rings is 1. The minimum atomic E-state index is -0.781. The SMILES string of the molecule is C=CCCCCOC(=O)[C@H]1[C@H]2C(=O)N([C@@H](CO)CC(C)C)C(C(=O)N(CC=C)Cc3ccccc3)C23CC[C@]1(C)S3. The van der Waals surface area contributed by atoms with Gasteiger partial charge in [-0.1, -0.05) is 56.3 Å². The van der Waals surface area contributed by atoms with Gasteiger partial charge in [-0.3, -0.25) is 14.4 Å². The standard InChI is InChI=1S/C33H46N2O5S/c1-6-8-9-13-19-40-31(39)27-26-29(37)35(25(22-36)20-23(3)4)28(33(26)17-16-32(27,5)41-33)30(38)34(18-7-2)21-24-14-11-10-12-15-24/h6-7,10-12,14-15,23,25-28,36H,1-2,8-9,13,16-22H2,3-5H3/t25-,26+,27-,28?,32+,33?/m1/s1. The van der Waals surface area contributed by atoms with Crippen LogP contribution in [0.5, 0.6) is 0 Å². The second-order valence-electron chi connectivity index (χ2n) is 12.4. The van der Waals surface area contributed by atoms with Crippen LogP contribution in [0.15, 0.2) is 55.6 Å². The molecule has 8 heteroatoms. The fourth-order valence-corrected chi connectivity index (χ4v) is 9.56. The Labute approximate surface area is 249 Å². The average molecular weight is 583 g/mol. The van der Waals surface area contributed by atoms with Gasteiger partial charge in [0.1, 0.15) is 6.04 Å². The van der Waals surface area contributed by atoms with E-state index in [0.29, 0.717) is 32.5 Å². The van der Waals surface area contributed by atoms with Crippen LogP contribution >= 0.6 is 11.8 Å². The monoisotopic (exact) mass is 582 g/mol. The van der Waals surface area contributed by atoms with Crippen molar-refractivity contribution in [1.29, 1.82) is 0 Å². The number of hydrogen-bond donors (Lipinski definition) is 1. The predicted octanol–water partition coefficient (Wildman–Crippen LogP) is 4.99. The summed E-state index contributed by atoms with van der Waals surface area (Å²) in [5, 5.41) is 10.5. The van der Waals surface area contributed by atoms with Crippen LogP contribution < -0.4 is 0 Å². The minimum Gasteiger partial charge on any atom is -0.465 e. The molecule has 2 unspecified atom stereocenters. The zero-order valence-electron chi connectivity index (χ0n) is 24.8. The van der Waals surface area contributed by atoms with E-state index >= 15 is 0 Å². The van der Waals surface area contributed by atoms with Crippen molar-refractivity contribution < 1.29 is 24.2 Å². The highest BCUT2D eigenvalue weighted by Gasteiger charge is 2.78. The predicted molar refractivity (Wildman–Crippen MR) is 163 cm³/mol. The zero-order chi connectivity index (χ0) is 29.8. The third-order valence-electron chi connectivity index (χ3n) is 8.97. The van der Waals surface area contributed by atoms with Crippen molar-refractivity contribution in [2.75, 3.05) is 19.8 Å². The quantitative estimate of drug-likeness (QED) is 0.178. The van der Waals surface area contributed by atoms with Gasteiger partial charge in [0.15, 0.2) is 0 Å². The molecule has 0 aliphatic carbocycles. The summed E-state index contributed by atoms with van der Waals surface area (Å²) in [6, 6.07) is 8.50. The summed E-state index contributed by atoms with van der Waals surface area (Å²) in [5.74, 6) is -1.78. The van der Waals surface area contributed by atoms with E-state index in [1.165, 1.54) is 0 Å². The minimum absolute atomic E-state index is 0.151. The smallest absolute Gasteiger partial charge is 0.311 e. The largest absolute Gasteiger partial charge is 0.465 e. The van der Waals surface area contributed by atoms with Crippen LogP contribution in [-0.2, 0) is 25.7 Å². The molecule has 3 heterocycles. The Morgan fingerprint density at radius 1 is 1.20 bits per heavy atom. The van der Waals surface area contributed by atoms with Gasteiger partial charge in [0.25, 0.3) is 0 Å². The number of unbranched alkanes of at least 4 members (excludes halogenated alkanes) is 2. The van der Waals surface area contributed by atoms with Gasteiger partial charge < -0.3 is 19.6 Å². The number of esters is 1. The maximum absolute atomic E-state index is 14.6. The van der Waals surface area contributed by atoms with Crippen molar-refractivity contribution in [2.24, 2.45) is 17.8 Å². The molecule has 3 saturated heterocycles. The molecule has 7 nitrogen and oxygen atoms in total. The summed E-state index contributed by atoms with van der Waals surface area (Å²) in [4.78, 5) is 46.2. The summed E-state index contributed by atoms with van der Waals surface area (Å²) in [6.07, 6.45) is 8.00. The Hall–Kier alpha value is -2.58. The number of likely N-dealkylation sites (tertiary alicyclic amines) is 1. The topological polar surface area (TPSA) is 87.1 Å². The molecule has 2 amide bonds. The van der Waals surface area contributed by atoms with Crippen molar-refractivity contribution in [1.82, 2.24) is 9.80 Å². The summed E-state index contributed by atoms with van der Waals surface area (Å²) in [5.41, 5.74) is 0.988. The second kappa shape index (κ2) is 13.2. The number of carbonyl (C=O) groups excluding carboxylic acids is 3. The molecule has 0 saturated carbocycles. The first-order chi connectivity index (χ1) is 19.6. The second-order valence-corrected chi connectivity index (χ2v) is 14.3. The molecular formula is C33H46N2O5S. The van der Waals surface area contributed by atoms with Crippen LogP contribution in [0, 0.1) is 17.8 Å². The molecule has 224 valence electrons. The highest BCUT2D eigenvalue weighted by molar-refractivity contribution is 8.02. The maximum Gasteiger partial charge on any atom is 0.311 e. The lowest BCUT2D eigenvalue weighted by atomic mass is 9.66. The fraction of sp³-hybridized carbons (Fsp3) is 0.606. The van der Waals surface area contributed by atoms with Gasteiger partial charge in [-0.2, -0.15) is 0 Å². The first-order valence-corrected chi connectivity index (χ1v) is 15.8. The number of amides is 2. The van der Waals surface area contributed by atoms with Crippen molar-refractivity contribution in [3.8, 4) is 0 Å². The Morgan fingerprint density at radius 3 is 2.56 bits per heavy atom. The molecule has 3 aliphatic heterocycles. The molecule has 1 spiro atoms. The zero-order valence-corrected chi connectivity index (χ0v) is 25.6. The number of carbonyl (C=O) groups is 3. The van der Waals surface area contributed by atoms with E-state index in [1.54, 1.807) is 27.6 Å². The Bertz CT molecular complexity index is 1130. The summed E-state index contributed by atoms with van der Waals surface area (Å²) in [7, 11) is 0. The molecule has 0 aromatic heterocycles. The molecule has 1 aromatic rings. The van der Waals surface area contributed by atoms with Crippen LogP contribution in [-0.4, -0.2) is 74.0 Å². The number of ether oxygens (including phenoxy) is 1. The third kappa shape index (κ3) is 6.00. The van der Waals surface area contributed by atoms with E-state index in [9.17, 15) is 19.5 Å². The van der Waals surface area contributed by atoms with Crippen molar-refractivity contribution in [3.05, 3.63) is 61.2 Å². The molecule has 4 rings (SSSR count). The van der Waals surface area contributed by atoms with Gasteiger partial charge in [-0.15, -0.1) is 24.9 Å². The number of aliphatic hydroxyl groups is 1. The van der Waals surface area contributed by atoms with Gasteiger partial charge in [-0.05, 0) is 56.9 Å². The summed E-state index contributed by atoms with van der Waals surface area (Å²) in [6.45, 7) is 14.6. The van der Waals surface area contributed by atoms with Crippen molar-refractivity contribution in [3.63, 3.8) is 0 Å². The van der Waals surface area contributed by atoms with Crippen LogP contribution in [0.25, 0.3) is 0 Å². The van der Waals surface area contributed by atoms with Gasteiger partial charge in [0, 0.05) is 17.8 Å². The number of nitrogens with zero attached hydrogens (tertiary/aromatic N) is 2. The van der Waals surface area contributed by atoms with E-state index in [4.69, 9.17) is 4.74 Å². The van der Waals surface area contributed by atoms with Gasteiger partial charge >= 0.3 is 5.97 Å². The van der Waals surface area contributed by atoms with Crippen LogP contribution in [0.2, 0.25) is 0 Å². The van der Waals surface area contributed by atoms with E-state index < -0.39 is 33.4 Å². The molecule has 41 heavy (non-hydrogen) atoms. The summed E-state index contributed by atoms with van der Waals surface area (Å²) >= 11 is 1.64. The van der Waals surface area contributed by atoms with E-state index in [1.807, 2.05) is 50.3 Å². The molecule has 6 atom stereocenters. The molecule has 1 aromatic carbocycles. The molecule has 2 bridgehead atoms. The fourth-order valence-electron chi connectivity index (χ4n) is 7.23. The van der Waals surface area contributed by atoms with Crippen molar-refractivity contribution >= 4 is 29.5 Å². The van der Waals surface area contributed by atoms with Crippen LogP contribution in [0.1, 0.15) is 64.9 Å². The summed E-state index contributed by atoms with van der Waals surface area (Å²) < 4.78 is 4.53. The molecular weight excluding hydrogens is 536 g/mol. The Kier molecular flexibility index (Phi) is 10.1. The average Bonchev–Trinajstić information content (AvgIpc) is 3.52. The first-order valence-electron chi connectivity index (χ1n) is 15.0. The lowest BCUT2D eigenvalue weighted by molar-refractivity contribution is -0.156. The van der Waals surface area contributed by atoms with Gasteiger partial charge in [-0.25, -0.2) is 0 Å².